The van der Waals surface area contributed by atoms with Gasteiger partial charge in [0.05, 0.1) is 15.7 Å². The molecule has 1 aromatic heterocycles. The van der Waals surface area contributed by atoms with Crippen molar-refractivity contribution in [3.8, 4) is 11.3 Å². The Morgan fingerprint density at radius 3 is 2.68 bits per heavy atom. The summed E-state index contributed by atoms with van der Waals surface area (Å²) in [7, 11) is 0. The molecule has 1 aliphatic rings. The highest BCUT2D eigenvalue weighted by molar-refractivity contribution is 7.14. The van der Waals surface area contributed by atoms with E-state index in [2.05, 4.69) is 10.3 Å². The van der Waals surface area contributed by atoms with E-state index in [9.17, 15) is 0 Å². The van der Waals surface area contributed by atoms with Gasteiger partial charge in [0.2, 0.25) is 0 Å². The molecular weight excluding hydrogens is 299 g/mol. The maximum Gasteiger partial charge on any atom is 0.185 e. The Hall–Kier alpha value is -0.770. The minimum atomic E-state index is 0.576. The molecule has 0 aliphatic carbocycles. The molecule has 1 aliphatic heterocycles. The minimum Gasteiger partial charge on any atom is -0.348 e. The van der Waals surface area contributed by atoms with E-state index in [1.165, 1.54) is 19.3 Å². The fraction of sp³-hybridized carbons (Fsp3) is 0.357. The molecule has 0 atom stereocenters. The van der Waals surface area contributed by atoms with Crippen molar-refractivity contribution in [1.29, 1.82) is 0 Å². The Bertz CT molecular complexity index is 577. The first-order chi connectivity index (χ1) is 9.25. The van der Waals surface area contributed by atoms with Gasteiger partial charge in [0.1, 0.15) is 0 Å². The van der Waals surface area contributed by atoms with E-state index in [1.807, 2.05) is 12.1 Å². The lowest BCUT2D eigenvalue weighted by molar-refractivity contribution is 0.577. The zero-order chi connectivity index (χ0) is 13.2. The molecule has 0 saturated carbocycles. The van der Waals surface area contributed by atoms with Gasteiger partial charge in [-0.25, -0.2) is 4.98 Å². The first-order valence-corrected chi connectivity index (χ1v) is 8.04. The second kappa shape index (κ2) is 5.70. The smallest absolute Gasteiger partial charge is 0.185 e. The molecule has 2 heterocycles. The van der Waals surface area contributed by atoms with Crippen LogP contribution in [0.2, 0.25) is 10.0 Å². The van der Waals surface area contributed by atoms with E-state index in [-0.39, 0.29) is 0 Å². The SMILES string of the molecule is Clc1cccc(-c2csc(N3CCCCC3)n2)c1Cl. The molecule has 1 fully saturated rings. The average molecular weight is 313 g/mol. The summed E-state index contributed by atoms with van der Waals surface area (Å²) in [6, 6.07) is 5.66. The number of anilines is 1. The van der Waals surface area contributed by atoms with Crippen LogP contribution in [0, 0.1) is 0 Å². The maximum atomic E-state index is 6.24. The highest BCUT2D eigenvalue weighted by Crippen LogP contribution is 2.36. The summed E-state index contributed by atoms with van der Waals surface area (Å²) >= 11 is 14.0. The van der Waals surface area contributed by atoms with Crippen LogP contribution in [0.4, 0.5) is 5.13 Å². The number of hydrogen-bond acceptors (Lipinski definition) is 3. The number of hydrogen-bond donors (Lipinski definition) is 0. The third kappa shape index (κ3) is 2.73. The topological polar surface area (TPSA) is 16.1 Å². The summed E-state index contributed by atoms with van der Waals surface area (Å²) in [6.07, 6.45) is 3.84. The molecule has 1 saturated heterocycles. The maximum absolute atomic E-state index is 6.24. The number of benzene rings is 1. The lowest BCUT2D eigenvalue weighted by Gasteiger charge is -2.25. The second-order valence-electron chi connectivity index (χ2n) is 4.66. The first kappa shape index (κ1) is 13.2. The standard InChI is InChI=1S/C14H14Cl2N2S/c15-11-6-4-5-10(13(11)16)12-9-19-14(17-12)18-7-2-1-3-8-18/h4-6,9H,1-3,7-8H2. The summed E-state index contributed by atoms with van der Waals surface area (Å²) in [6.45, 7) is 2.21. The summed E-state index contributed by atoms with van der Waals surface area (Å²) in [5.41, 5.74) is 1.83. The van der Waals surface area contributed by atoms with Crippen molar-refractivity contribution in [3.05, 3.63) is 33.6 Å². The quantitative estimate of drug-likeness (QED) is 0.766. The highest BCUT2D eigenvalue weighted by Gasteiger charge is 2.16. The number of piperidine rings is 1. The van der Waals surface area contributed by atoms with Crippen LogP contribution >= 0.6 is 34.5 Å². The molecule has 2 aromatic rings. The summed E-state index contributed by atoms with van der Waals surface area (Å²) in [4.78, 5) is 7.06. The summed E-state index contributed by atoms with van der Waals surface area (Å²) in [5.74, 6) is 0. The van der Waals surface area contributed by atoms with Crippen LogP contribution in [0.3, 0.4) is 0 Å². The van der Waals surface area contributed by atoms with Crippen LogP contribution in [-0.4, -0.2) is 18.1 Å². The predicted octanol–water partition coefficient (Wildman–Crippen LogP) is 5.11. The Kier molecular flexibility index (Phi) is 3.96. The van der Waals surface area contributed by atoms with E-state index < -0.39 is 0 Å². The van der Waals surface area contributed by atoms with Crippen molar-refractivity contribution >= 4 is 39.7 Å². The Morgan fingerprint density at radius 2 is 1.89 bits per heavy atom. The number of thiazole rings is 1. The summed E-state index contributed by atoms with van der Waals surface area (Å²) in [5, 5.41) is 4.30. The van der Waals surface area contributed by atoms with Gasteiger partial charge in [0.15, 0.2) is 5.13 Å². The third-order valence-corrected chi connectivity index (χ3v) is 5.07. The molecule has 0 amide bonds. The van der Waals surface area contributed by atoms with Gasteiger partial charge in [-0.3, -0.25) is 0 Å². The van der Waals surface area contributed by atoms with Crippen molar-refractivity contribution in [2.45, 2.75) is 19.3 Å². The second-order valence-corrected chi connectivity index (χ2v) is 6.29. The Balaban J connectivity index is 1.90. The molecule has 0 bridgehead atoms. The van der Waals surface area contributed by atoms with E-state index in [0.29, 0.717) is 10.0 Å². The molecule has 0 radical (unpaired) electrons. The first-order valence-electron chi connectivity index (χ1n) is 6.40. The molecule has 3 rings (SSSR count). The molecule has 5 heteroatoms. The normalized spacial score (nSPS) is 15.8. The fourth-order valence-corrected chi connectivity index (χ4v) is 3.60. The molecule has 0 unspecified atom stereocenters. The monoisotopic (exact) mass is 312 g/mol. The van der Waals surface area contributed by atoms with Crippen LogP contribution in [0.5, 0.6) is 0 Å². The lowest BCUT2D eigenvalue weighted by Crippen LogP contribution is -2.29. The van der Waals surface area contributed by atoms with Crippen LogP contribution < -0.4 is 4.90 Å². The van der Waals surface area contributed by atoms with E-state index in [1.54, 1.807) is 17.4 Å². The van der Waals surface area contributed by atoms with Gasteiger partial charge < -0.3 is 4.90 Å². The highest BCUT2D eigenvalue weighted by atomic mass is 35.5. The van der Waals surface area contributed by atoms with Crippen molar-refractivity contribution in [3.63, 3.8) is 0 Å². The van der Waals surface area contributed by atoms with Gasteiger partial charge in [-0.15, -0.1) is 11.3 Å². The van der Waals surface area contributed by atoms with Gasteiger partial charge in [-0.05, 0) is 25.3 Å². The zero-order valence-electron chi connectivity index (χ0n) is 10.4. The van der Waals surface area contributed by atoms with E-state index in [4.69, 9.17) is 28.2 Å². The van der Waals surface area contributed by atoms with Gasteiger partial charge in [0.25, 0.3) is 0 Å². The molecular formula is C14H14Cl2N2S. The molecule has 0 N–H and O–H groups in total. The van der Waals surface area contributed by atoms with Crippen LogP contribution in [-0.2, 0) is 0 Å². The van der Waals surface area contributed by atoms with Crippen molar-refractivity contribution in [2.24, 2.45) is 0 Å². The van der Waals surface area contributed by atoms with Crippen molar-refractivity contribution < 1.29 is 0 Å². The Morgan fingerprint density at radius 1 is 1.11 bits per heavy atom. The fourth-order valence-electron chi connectivity index (χ4n) is 2.32. The van der Waals surface area contributed by atoms with E-state index >= 15 is 0 Å². The Labute approximate surface area is 127 Å². The van der Waals surface area contributed by atoms with Gasteiger partial charge in [0, 0.05) is 24.0 Å². The predicted molar refractivity (Wildman–Crippen MR) is 83.6 cm³/mol. The molecule has 19 heavy (non-hydrogen) atoms. The van der Waals surface area contributed by atoms with Gasteiger partial charge >= 0.3 is 0 Å². The third-order valence-electron chi connectivity index (χ3n) is 3.35. The average Bonchev–Trinajstić information content (AvgIpc) is 2.92. The van der Waals surface area contributed by atoms with E-state index in [0.717, 1.165) is 29.5 Å². The number of halogens is 2. The zero-order valence-corrected chi connectivity index (χ0v) is 12.7. The molecule has 2 nitrogen and oxygen atoms in total. The van der Waals surface area contributed by atoms with Gasteiger partial charge in [-0.1, -0.05) is 35.3 Å². The lowest BCUT2D eigenvalue weighted by atomic mass is 10.1. The van der Waals surface area contributed by atoms with Crippen molar-refractivity contribution in [1.82, 2.24) is 4.98 Å². The largest absolute Gasteiger partial charge is 0.348 e. The minimum absolute atomic E-state index is 0.576. The van der Waals surface area contributed by atoms with Crippen LogP contribution in [0.15, 0.2) is 23.6 Å². The summed E-state index contributed by atoms with van der Waals surface area (Å²) < 4.78 is 0. The number of aromatic nitrogens is 1. The molecule has 100 valence electrons. The van der Waals surface area contributed by atoms with Crippen molar-refractivity contribution in [2.75, 3.05) is 18.0 Å². The van der Waals surface area contributed by atoms with Gasteiger partial charge in [-0.2, -0.15) is 0 Å². The molecule has 0 spiro atoms. The molecule has 1 aromatic carbocycles. The number of rotatable bonds is 2. The van der Waals surface area contributed by atoms with Crippen LogP contribution in [0.25, 0.3) is 11.3 Å². The number of nitrogens with zero attached hydrogens (tertiary/aromatic N) is 2. The van der Waals surface area contributed by atoms with Crippen LogP contribution in [0.1, 0.15) is 19.3 Å².